The van der Waals surface area contributed by atoms with Crippen molar-refractivity contribution in [1.82, 2.24) is 9.80 Å². The van der Waals surface area contributed by atoms with E-state index >= 15 is 0 Å². The molecule has 1 aliphatic rings. The largest absolute Gasteiger partial charge is 0.339 e. The van der Waals surface area contributed by atoms with Gasteiger partial charge in [0.2, 0.25) is 5.91 Å². The maximum Gasteiger partial charge on any atom is 0.253 e. The third kappa shape index (κ3) is 4.31. The van der Waals surface area contributed by atoms with Crippen molar-refractivity contribution in [2.75, 3.05) is 31.5 Å². The molecule has 0 radical (unpaired) electrons. The van der Waals surface area contributed by atoms with Gasteiger partial charge in [-0.1, -0.05) is 6.07 Å². The highest BCUT2D eigenvalue weighted by molar-refractivity contribution is 7.10. The average Bonchev–Trinajstić information content (AvgIpc) is 3.10. The zero-order valence-corrected chi connectivity index (χ0v) is 16.1. The Morgan fingerprint density at radius 1 is 1.23 bits per heavy atom. The van der Waals surface area contributed by atoms with Crippen LogP contribution in [0, 0.1) is 0 Å². The average molecular weight is 372 g/mol. The van der Waals surface area contributed by atoms with Gasteiger partial charge < -0.3 is 10.2 Å². The van der Waals surface area contributed by atoms with Crippen molar-refractivity contribution in [3.05, 3.63) is 51.7 Å². The lowest BCUT2D eigenvalue weighted by molar-refractivity contribution is -0.117. The number of rotatable bonds is 6. The quantitative estimate of drug-likeness (QED) is 0.848. The molecule has 0 saturated heterocycles. The van der Waals surface area contributed by atoms with E-state index in [4.69, 9.17) is 0 Å². The molecule has 138 valence electrons. The molecule has 5 nitrogen and oxygen atoms in total. The minimum absolute atomic E-state index is 0.00730. The van der Waals surface area contributed by atoms with Crippen LogP contribution in [0.2, 0.25) is 0 Å². The maximum atomic E-state index is 12.5. The van der Waals surface area contributed by atoms with Crippen molar-refractivity contribution in [3.63, 3.8) is 0 Å². The molecule has 0 spiro atoms. The van der Waals surface area contributed by atoms with Gasteiger partial charge in [-0.05, 0) is 55.5 Å². The lowest BCUT2D eigenvalue weighted by atomic mass is 10.1. The van der Waals surface area contributed by atoms with Gasteiger partial charge >= 0.3 is 0 Å². The van der Waals surface area contributed by atoms with Crippen LogP contribution >= 0.6 is 11.3 Å². The van der Waals surface area contributed by atoms with Crippen LogP contribution in [0.15, 0.2) is 35.7 Å². The second kappa shape index (κ2) is 8.47. The molecule has 2 aromatic rings. The summed E-state index contributed by atoms with van der Waals surface area (Å²) >= 11 is 1.80. The number of hydrogen-bond acceptors (Lipinski definition) is 4. The van der Waals surface area contributed by atoms with Gasteiger partial charge in [-0.25, -0.2) is 0 Å². The molecule has 1 aromatic heterocycles. The molecule has 26 heavy (non-hydrogen) atoms. The highest BCUT2D eigenvalue weighted by Gasteiger charge is 2.19. The summed E-state index contributed by atoms with van der Waals surface area (Å²) in [5.74, 6) is -0.0526. The Hall–Kier alpha value is -2.18. The molecule has 3 rings (SSSR count). The molecule has 0 atom stereocenters. The fourth-order valence-corrected chi connectivity index (χ4v) is 4.16. The van der Waals surface area contributed by atoms with E-state index in [9.17, 15) is 9.59 Å². The number of anilines is 1. The number of amides is 2. The SMILES string of the molecule is CCN(CC)C(=O)c1cccc(NC(=O)CN2CCc3sccc3C2)c1. The van der Waals surface area contributed by atoms with Crippen molar-refractivity contribution in [2.45, 2.75) is 26.8 Å². The van der Waals surface area contributed by atoms with E-state index in [2.05, 4.69) is 21.7 Å². The van der Waals surface area contributed by atoms with E-state index in [1.54, 1.807) is 28.4 Å². The van der Waals surface area contributed by atoms with Crippen molar-refractivity contribution in [3.8, 4) is 0 Å². The predicted molar refractivity (Wildman–Crippen MR) is 106 cm³/mol. The lowest BCUT2D eigenvalue weighted by Crippen LogP contribution is -2.36. The molecular weight excluding hydrogens is 346 g/mol. The Morgan fingerprint density at radius 2 is 2.04 bits per heavy atom. The maximum absolute atomic E-state index is 12.5. The minimum atomic E-state index is -0.0453. The van der Waals surface area contributed by atoms with E-state index in [1.807, 2.05) is 26.0 Å². The van der Waals surface area contributed by atoms with Crippen LogP contribution in [0.3, 0.4) is 0 Å². The number of thiophene rings is 1. The minimum Gasteiger partial charge on any atom is -0.339 e. The number of nitrogens with one attached hydrogen (secondary N) is 1. The second-order valence-electron chi connectivity index (χ2n) is 6.44. The van der Waals surface area contributed by atoms with E-state index < -0.39 is 0 Å². The predicted octanol–water partition coefficient (Wildman–Crippen LogP) is 3.23. The summed E-state index contributed by atoms with van der Waals surface area (Å²) in [5.41, 5.74) is 2.61. The fraction of sp³-hybridized carbons (Fsp3) is 0.400. The Kier molecular flexibility index (Phi) is 6.06. The van der Waals surface area contributed by atoms with Crippen molar-refractivity contribution in [2.24, 2.45) is 0 Å². The summed E-state index contributed by atoms with van der Waals surface area (Å²) in [7, 11) is 0. The number of hydrogen-bond donors (Lipinski definition) is 1. The molecule has 6 heteroatoms. The summed E-state index contributed by atoms with van der Waals surface area (Å²) in [6, 6.07) is 9.33. The van der Waals surface area contributed by atoms with Crippen molar-refractivity contribution >= 4 is 28.8 Å². The number of nitrogens with zero attached hydrogens (tertiary/aromatic N) is 2. The standard InChI is InChI=1S/C20H25N3O2S/c1-3-23(4-2)20(25)15-6-5-7-17(12-15)21-19(24)14-22-10-8-18-16(13-22)9-11-26-18/h5-7,9,11-12H,3-4,8,10,13-14H2,1-2H3,(H,21,24). The van der Waals surface area contributed by atoms with Crippen LogP contribution in [0.5, 0.6) is 0 Å². The first-order chi connectivity index (χ1) is 12.6. The first-order valence-corrected chi connectivity index (χ1v) is 9.95. The number of carbonyl (C=O) groups is 2. The third-order valence-corrected chi connectivity index (χ3v) is 5.72. The van der Waals surface area contributed by atoms with Gasteiger partial charge in [0.1, 0.15) is 0 Å². The third-order valence-electron chi connectivity index (χ3n) is 4.70. The molecule has 0 aliphatic carbocycles. The van der Waals surface area contributed by atoms with Crippen LogP contribution in [-0.2, 0) is 17.8 Å². The zero-order valence-electron chi connectivity index (χ0n) is 15.3. The van der Waals surface area contributed by atoms with Crippen LogP contribution in [0.25, 0.3) is 0 Å². The molecule has 2 heterocycles. The highest BCUT2D eigenvalue weighted by Crippen LogP contribution is 2.23. The monoisotopic (exact) mass is 371 g/mol. The van der Waals surface area contributed by atoms with Gasteiger partial charge in [0.25, 0.3) is 5.91 Å². The van der Waals surface area contributed by atoms with E-state index in [0.717, 1.165) is 19.5 Å². The first-order valence-electron chi connectivity index (χ1n) is 9.07. The summed E-state index contributed by atoms with van der Waals surface area (Å²) in [4.78, 5) is 30.2. The van der Waals surface area contributed by atoms with E-state index in [-0.39, 0.29) is 11.8 Å². The van der Waals surface area contributed by atoms with Gasteiger partial charge in [-0.15, -0.1) is 11.3 Å². The summed E-state index contributed by atoms with van der Waals surface area (Å²) in [6.07, 6.45) is 1.01. The molecule has 0 unspecified atom stereocenters. The van der Waals surface area contributed by atoms with E-state index in [1.165, 1.54) is 10.4 Å². The van der Waals surface area contributed by atoms with Gasteiger partial charge in [0, 0.05) is 42.3 Å². The van der Waals surface area contributed by atoms with Gasteiger partial charge in [-0.3, -0.25) is 14.5 Å². The van der Waals surface area contributed by atoms with Gasteiger partial charge in [0.05, 0.1) is 6.54 Å². The normalized spacial score (nSPS) is 13.9. The van der Waals surface area contributed by atoms with Crippen LogP contribution < -0.4 is 5.32 Å². The molecule has 2 amide bonds. The first kappa shape index (κ1) is 18.6. The highest BCUT2D eigenvalue weighted by atomic mass is 32.1. The summed E-state index contributed by atoms with van der Waals surface area (Å²) in [5, 5.41) is 5.05. The molecule has 1 aromatic carbocycles. The Bertz CT molecular complexity index is 783. The number of carbonyl (C=O) groups excluding carboxylic acids is 2. The Balaban J connectivity index is 1.59. The Morgan fingerprint density at radius 3 is 2.81 bits per heavy atom. The zero-order chi connectivity index (χ0) is 18.5. The van der Waals surface area contributed by atoms with Crippen molar-refractivity contribution < 1.29 is 9.59 Å². The van der Waals surface area contributed by atoms with Gasteiger partial charge in [-0.2, -0.15) is 0 Å². The number of benzene rings is 1. The topological polar surface area (TPSA) is 52.7 Å². The van der Waals surface area contributed by atoms with E-state index in [0.29, 0.717) is 30.9 Å². The molecule has 0 bridgehead atoms. The number of fused-ring (bicyclic) bond motifs is 1. The molecular formula is C20H25N3O2S. The summed E-state index contributed by atoms with van der Waals surface area (Å²) in [6.45, 7) is 7.36. The summed E-state index contributed by atoms with van der Waals surface area (Å²) < 4.78 is 0. The van der Waals surface area contributed by atoms with Crippen LogP contribution in [-0.4, -0.2) is 47.8 Å². The lowest BCUT2D eigenvalue weighted by Gasteiger charge is -2.26. The fourth-order valence-electron chi connectivity index (χ4n) is 3.27. The molecule has 0 saturated carbocycles. The van der Waals surface area contributed by atoms with Crippen molar-refractivity contribution in [1.29, 1.82) is 0 Å². The molecule has 1 N–H and O–H groups in total. The smallest absolute Gasteiger partial charge is 0.253 e. The van der Waals surface area contributed by atoms with Gasteiger partial charge in [0.15, 0.2) is 0 Å². The molecule has 0 fully saturated rings. The molecule has 1 aliphatic heterocycles. The Labute approximate surface area is 158 Å². The van der Waals surface area contributed by atoms with Crippen LogP contribution in [0.4, 0.5) is 5.69 Å². The second-order valence-corrected chi connectivity index (χ2v) is 7.44. The van der Waals surface area contributed by atoms with Crippen LogP contribution in [0.1, 0.15) is 34.6 Å².